The quantitative estimate of drug-likeness (QED) is 0.546. The maximum atomic E-state index is 12.0. The summed E-state index contributed by atoms with van der Waals surface area (Å²) in [6.45, 7) is 2.38. The van der Waals surface area contributed by atoms with E-state index in [4.69, 9.17) is 9.47 Å². The van der Waals surface area contributed by atoms with Crippen molar-refractivity contribution in [2.24, 2.45) is 5.10 Å². The van der Waals surface area contributed by atoms with E-state index < -0.39 is 12.0 Å². The third kappa shape index (κ3) is 5.30. The van der Waals surface area contributed by atoms with Crippen LogP contribution in [-0.4, -0.2) is 30.9 Å². The molecule has 2 N–H and O–H groups in total. The molecule has 1 unspecified atom stereocenters. The second kappa shape index (κ2) is 9.19. The number of hydrazone groups is 1. The Morgan fingerprint density at radius 1 is 1.32 bits per heavy atom. The van der Waals surface area contributed by atoms with E-state index in [-0.39, 0.29) is 0 Å². The summed E-state index contributed by atoms with van der Waals surface area (Å²) in [6.07, 6.45) is 0.140. The van der Waals surface area contributed by atoms with Crippen molar-refractivity contribution in [3.05, 3.63) is 58.1 Å². The first-order valence-electron chi connectivity index (χ1n) is 7.62. The SMILES string of the molecule is CCOc1ccc(OC)cc1C=NNC(=O)C(O)c1ccc(Br)cc1. The van der Waals surface area contributed by atoms with E-state index in [0.717, 1.165) is 4.47 Å². The minimum Gasteiger partial charge on any atom is -0.497 e. The van der Waals surface area contributed by atoms with Crippen LogP contribution in [0.4, 0.5) is 0 Å². The number of methoxy groups -OCH3 is 1. The zero-order valence-corrected chi connectivity index (χ0v) is 15.5. The van der Waals surface area contributed by atoms with Crippen molar-refractivity contribution < 1.29 is 19.4 Å². The lowest BCUT2D eigenvalue weighted by atomic mass is 10.1. The van der Waals surface area contributed by atoms with Gasteiger partial charge < -0.3 is 14.6 Å². The molecule has 0 fully saturated rings. The highest BCUT2D eigenvalue weighted by Gasteiger charge is 2.16. The number of hydrogen-bond donors (Lipinski definition) is 2. The molecule has 0 spiro atoms. The lowest BCUT2D eigenvalue weighted by molar-refractivity contribution is -0.129. The van der Waals surface area contributed by atoms with Gasteiger partial charge in [0.2, 0.25) is 0 Å². The first-order valence-corrected chi connectivity index (χ1v) is 8.41. The third-order valence-electron chi connectivity index (χ3n) is 3.33. The molecule has 1 atom stereocenters. The molecule has 0 aliphatic heterocycles. The molecule has 0 saturated heterocycles. The fraction of sp³-hybridized carbons (Fsp3) is 0.222. The summed E-state index contributed by atoms with van der Waals surface area (Å²) in [4.78, 5) is 12.0. The van der Waals surface area contributed by atoms with Gasteiger partial charge in [-0.15, -0.1) is 0 Å². The fourth-order valence-corrected chi connectivity index (χ4v) is 2.33. The number of ether oxygens (including phenoxy) is 2. The molecule has 25 heavy (non-hydrogen) atoms. The highest BCUT2D eigenvalue weighted by atomic mass is 79.9. The molecule has 7 heteroatoms. The Morgan fingerprint density at radius 2 is 2.04 bits per heavy atom. The first-order chi connectivity index (χ1) is 12.0. The second-order valence-electron chi connectivity index (χ2n) is 5.03. The predicted molar refractivity (Wildman–Crippen MR) is 99.0 cm³/mol. The molecular weight excluding hydrogens is 388 g/mol. The zero-order valence-electron chi connectivity index (χ0n) is 13.9. The van der Waals surface area contributed by atoms with Crippen LogP contribution in [0.1, 0.15) is 24.2 Å². The zero-order chi connectivity index (χ0) is 18.2. The molecular formula is C18H19BrN2O4. The molecule has 6 nitrogen and oxygen atoms in total. The Kier molecular flexibility index (Phi) is 6.97. The maximum absolute atomic E-state index is 12.0. The Hall–Kier alpha value is -2.38. The molecule has 1 amide bonds. The van der Waals surface area contributed by atoms with Gasteiger partial charge in [0.15, 0.2) is 6.10 Å². The van der Waals surface area contributed by atoms with Crippen LogP contribution in [-0.2, 0) is 4.79 Å². The van der Waals surface area contributed by atoms with Crippen LogP contribution in [0.2, 0.25) is 0 Å². The van der Waals surface area contributed by atoms with Gasteiger partial charge >= 0.3 is 0 Å². The summed E-state index contributed by atoms with van der Waals surface area (Å²) in [5.41, 5.74) is 3.45. The second-order valence-corrected chi connectivity index (χ2v) is 5.94. The number of rotatable bonds is 7. The van der Waals surface area contributed by atoms with Crippen molar-refractivity contribution >= 4 is 28.1 Å². The van der Waals surface area contributed by atoms with Gasteiger partial charge in [0, 0.05) is 10.0 Å². The maximum Gasteiger partial charge on any atom is 0.273 e. The van der Waals surface area contributed by atoms with Crippen LogP contribution >= 0.6 is 15.9 Å². The summed E-state index contributed by atoms with van der Waals surface area (Å²) in [5, 5.41) is 13.9. The molecule has 0 aromatic heterocycles. The summed E-state index contributed by atoms with van der Waals surface area (Å²) in [6, 6.07) is 12.1. The minimum absolute atomic E-state index is 0.479. The Morgan fingerprint density at radius 3 is 2.68 bits per heavy atom. The van der Waals surface area contributed by atoms with Crippen molar-refractivity contribution in [3.8, 4) is 11.5 Å². The molecule has 2 aromatic rings. The van der Waals surface area contributed by atoms with Gasteiger partial charge in [0.25, 0.3) is 5.91 Å². The number of nitrogens with zero attached hydrogens (tertiary/aromatic N) is 1. The predicted octanol–water partition coefficient (Wildman–Crippen LogP) is 3.04. The highest BCUT2D eigenvalue weighted by Crippen LogP contribution is 2.22. The van der Waals surface area contributed by atoms with Gasteiger partial charge in [0.1, 0.15) is 11.5 Å². The Labute approximate surface area is 154 Å². The van der Waals surface area contributed by atoms with Crippen LogP contribution in [0.5, 0.6) is 11.5 Å². The van der Waals surface area contributed by atoms with Crippen molar-refractivity contribution in [3.63, 3.8) is 0 Å². The number of benzene rings is 2. The van der Waals surface area contributed by atoms with Crippen molar-refractivity contribution in [2.45, 2.75) is 13.0 Å². The van der Waals surface area contributed by atoms with Gasteiger partial charge in [0.05, 0.1) is 19.9 Å². The van der Waals surface area contributed by atoms with E-state index >= 15 is 0 Å². The fourth-order valence-electron chi connectivity index (χ4n) is 2.06. The van der Waals surface area contributed by atoms with Gasteiger partial charge in [-0.3, -0.25) is 4.79 Å². The number of nitrogens with one attached hydrogen (secondary N) is 1. The standard InChI is InChI=1S/C18H19BrN2O4/c1-3-25-16-9-8-15(24-2)10-13(16)11-20-21-18(23)17(22)12-4-6-14(19)7-5-12/h4-11,17,22H,3H2,1-2H3,(H,21,23). The lowest BCUT2D eigenvalue weighted by Crippen LogP contribution is -2.25. The molecule has 132 valence electrons. The van der Waals surface area contributed by atoms with E-state index in [9.17, 15) is 9.90 Å². The van der Waals surface area contributed by atoms with E-state index in [1.807, 2.05) is 6.92 Å². The highest BCUT2D eigenvalue weighted by molar-refractivity contribution is 9.10. The lowest BCUT2D eigenvalue weighted by Gasteiger charge is -2.10. The minimum atomic E-state index is -1.30. The van der Waals surface area contributed by atoms with Gasteiger partial charge in [-0.2, -0.15) is 5.10 Å². The van der Waals surface area contributed by atoms with E-state index in [1.165, 1.54) is 6.21 Å². The third-order valence-corrected chi connectivity index (χ3v) is 3.86. The van der Waals surface area contributed by atoms with Gasteiger partial charge in [-0.05, 0) is 42.8 Å². The number of carbonyl (C=O) groups is 1. The monoisotopic (exact) mass is 406 g/mol. The number of carbonyl (C=O) groups excluding carboxylic acids is 1. The van der Waals surface area contributed by atoms with E-state index in [0.29, 0.717) is 29.2 Å². The summed E-state index contributed by atoms with van der Waals surface area (Å²) >= 11 is 3.30. The van der Waals surface area contributed by atoms with Crippen LogP contribution < -0.4 is 14.9 Å². The van der Waals surface area contributed by atoms with Crippen LogP contribution in [0.3, 0.4) is 0 Å². The number of aliphatic hydroxyl groups is 1. The average molecular weight is 407 g/mol. The molecule has 2 rings (SSSR count). The first kappa shape index (κ1) is 19.0. The Balaban J connectivity index is 2.06. The molecule has 0 aliphatic rings. The molecule has 0 saturated carbocycles. The summed E-state index contributed by atoms with van der Waals surface area (Å²) in [5.74, 6) is 0.639. The molecule has 0 radical (unpaired) electrons. The van der Waals surface area contributed by atoms with Crippen molar-refractivity contribution in [1.29, 1.82) is 0 Å². The van der Waals surface area contributed by atoms with Gasteiger partial charge in [-0.25, -0.2) is 5.43 Å². The summed E-state index contributed by atoms with van der Waals surface area (Å²) in [7, 11) is 1.56. The smallest absolute Gasteiger partial charge is 0.273 e. The number of amides is 1. The van der Waals surface area contributed by atoms with E-state index in [1.54, 1.807) is 49.6 Å². The molecule has 2 aromatic carbocycles. The van der Waals surface area contributed by atoms with Crippen molar-refractivity contribution in [1.82, 2.24) is 5.43 Å². The largest absolute Gasteiger partial charge is 0.497 e. The Bertz CT molecular complexity index is 747. The summed E-state index contributed by atoms with van der Waals surface area (Å²) < 4.78 is 11.5. The topological polar surface area (TPSA) is 80.2 Å². The van der Waals surface area contributed by atoms with Crippen LogP contribution in [0.25, 0.3) is 0 Å². The normalized spacial score (nSPS) is 12.0. The van der Waals surface area contributed by atoms with Crippen molar-refractivity contribution in [2.75, 3.05) is 13.7 Å². The number of halogens is 1. The molecule has 0 bridgehead atoms. The van der Waals surface area contributed by atoms with E-state index in [2.05, 4.69) is 26.5 Å². The number of hydrogen-bond acceptors (Lipinski definition) is 5. The number of aliphatic hydroxyl groups excluding tert-OH is 1. The molecule has 0 heterocycles. The van der Waals surface area contributed by atoms with Crippen LogP contribution in [0, 0.1) is 0 Å². The molecule has 0 aliphatic carbocycles. The van der Waals surface area contributed by atoms with Crippen LogP contribution in [0.15, 0.2) is 52.0 Å². The average Bonchev–Trinajstić information content (AvgIpc) is 2.63. The van der Waals surface area contributed by atoms with Gasteiger partial charge in [-0.1, -0.05) is 28.1 Å².